The summed E-state index contributed by atoms with van der Waals surface area (Å²) in [6, 6.07) is 7.45. The summed E-state index contributed by atoms with van der Waals surface area (Å²) in [5.41, 5.74) is 6.87. The monoisotopic (exact) mass is 295 g/mol. The molecule has 0 aliphatic heterocycles. The van der Waals surface area contributed by atoms with Crippen LogP contribution >= 0.6 is 15.9 Å². The van der Waals surface area contributed by atoms with Crippen LogP contribution in [-0.2, 0) is 4.74 Å². The van der Waals surface area contributed by atoms with Crippen molar-refractivity contribution in [3.8, 4) is 5.69 Å². The second-order valence-electron chi connectivity index (χ2n) is 3.33. The van der Waals surface area contributed by atoms with Crippen LogP contribution in [0, 0.1) is 0 Å². The standard InChI is InChI=1S/C11H10BrN3O2/c1-17-11(16)9-6-14-15(10(9)13)8-4-2-3-7(12)5-8/h2-6H,13H2,1H3. The molecule has 0 radical (unpaired) electrons. The van der Waals surface area contributed by atoms with Crippen LogP contribution in [0.2, 0.25) is 0 Å². The van der Waals surface area contributed by atoms with Crippen molar-refractivity contribution in [2.45, 2.75) is 0 Å². The molecule has 0 bridgehead atoms. The predicted octanol–water partition coefficient (Wildman–Crippen LogP) is 2.00. The molecule has 2 rings (SSSR count). The van der Waals surface area contributed by atoms with Crippen LogP contribution in [0.3, 0.4) is 0 Å². The Hall–Kier alpha value is -1.82. The second-order valence-corrected chi connectivity index (χ2v) is 4.24. The predicted molar refractivity (Wildman–Crippen MR) is 67.0 cm³/mol. The fraction of sp³-hybridized carbons (Fsp3) is 0.0909. The van der Waals surface area contributed by atoms with Gasteiger partial charge in [-0.15, -0.1) is 0 Å². The van der Waals surface area contributed by atoms with Gasteiger partial charge in [0.1, 0.15) is 11.4 Å². The molecule has 17 heavy (non-hydrogen) atoms. The van der Waals surface area contributed by atoms with Crippen LogP contribution in [-0.4, -0.2) is 22.9 Å². The molecule has 88 valence electrons. The van der Waals surface area contributed by atoms with Gasteiger partial charge in [0.2, 0.25) is 0 Å². The smallest absolute Gasteiger partial charge is 0.343 e. The molecule has 5 nitrogen and oxygen atoms in total. The molecule has 1 aromatic carbocycles. The summed E-state index contributed by atoms with van der Waals surface area (Å²) in [6.07, 6.45) is 1.39. The summed E-state index contributed by atoms with van der Waals surface area (Å²) >= 11 is 3.36. The summed E-state index contributed by atoms with van der Waals surface area (Å²) in [5.74, 6) is -0.237. The van der Waals surface area contributed by atoms with Gasteiger partial charge in [-0.1, -0.05) is 22.0 Å². The number of methoxy groups -OCH3 is 1. The molecule has 0 fully saturated rings. The minimum absolute atomic E-state index is 0.257. The van der Waals surface area contributed by atoms with Crippen LogP contribution in [0.1, 0.15) is 10.4 Å². The van der Waals surface area contributed by atoms with E-state index in [1.54, 1.807) is 0 Å². The van der Waals surface area contributed by atoms with Crippen molar-refractivity contribution in [3.05, 3.63) is 40.5 Å². The van der Waals surface area contributed by atoms with Crippen molar-refractivity contribution >= 4 is 27.7 Å². The average molecular weight is 296 g/mol. The molecular weight excluding hydrogens is 286 g/mol. The van der Waals surface area contributed by atoms with E-state index in [1.807, 2.05) is 24.3 Å². The highest BCUT2D eigenvalue weighted by molar-refractivity contribution is 9.10. The maximum Gasteiger partial charge on any atom is 0.343 e. The molecule has 6 heteroatoms. The first-order valence-corrected chi connectivity index (χ1v) is 5.60. The molecule has 2 aromatic rings. The van der Waals surface area contributed by atoms with E-state index >= 15 is 0 Å². The number of esters is 1. The number of hydrogen-bond acceptors (Lipinski definition) is 4. The number of anilines is 1. The topological polar surface area (TPSA) is 70.1 Å². The Morgan fingerprint density at radius 3 is 2.94 bits per heavy atom. The summed E-state index contributed by atoms with van der Waals surface area (Å²) in [6.45, 7) is 0. The number of nitrogens with zero attached hydrogens (tertiary/aromatic N) is 2. The minimum Gasteiger partial charge on any atom is -0.465 e. The zero-order valence-corrected chi connectivity index (χ0v) is 10.6. The Kier molecular flexibility index (Phi) is 3.14. The highest BCUT2D eigenvalue weighted by atomic mass is 79.9. The molecule has 1 aromatic heterocycles. The SMILES string of the molecule is COC(=O)c1cnn(-c2cccc(Br)c2)c1N. The number of nitrogen functional groups attached to an aromatic ring is 1. The quantitative estimate of drug-likeness (QED) is 0.861. The van der Waals surface area contributed by atoms with E-state index < -0.39 is 5.97 Å². The lowest BCUT2D eigenvalue weighted by Gasteiger charge is -2.04. The first-order chi connectivity index (χ1) is 8.13. The van der Waals surface area contributed by atoms with Crippen LogP contribution in [0.4, 0.5) is 5.82 Å². The molecule has 0 saturated heterocycles. The molecule has 2 N–H and O–H groups in total. The molecule has 1 heterocycles. The second kappa shape index (κ2) is 4.58. The Balaban J connectivity index is 2.48. The van der Waals surface area contributed by atoms with Gasteiger partial charge in [0.05, 0.1) is 19.0 Å². The average Bonchev–Trinajstić information content (AvgIpc) is 2.70. The van der Waals surface area contributed by atoms with Crippen LogP contribution in [0.15, 0.2) is 34.9 Å². The fourth-order valence-corrected chi connectivity index (χ4v) is 1.83. The van der Waals surface area contributed by atoms with Gasteiger partial charge in [0.15, 0.2) is 0 Å². The first-order valence-electron chi connectivity index (χ1n) is 4.81. The van der Waals surface area contributed by atoms with E-state index in [0.717, 1.165) is 10.2 Å². The molecule has 0 aliphatic rings. The number of hydrogen-bond donors (Lipinski definition) is 1. The van der Waals surface area contributed by atoms with Crippen LogP contribution in [0.25, 0.3) is 5.69 Å². The van der Waals surface area contributed by atoms with Gasteiger partial charge in [-0.2, -0.15) is 5.10 Å². The van der Waals surface area contributed by atoms with Gasteiger partial charge in [0, 0.05) is 4.47 Å². The van der Waals surface area contributed by atoms with E-state index in [0.29, 0.717) is 0 Å². The Bertz CT molecular complexity index is 566. The van der Waals surface area contributed by atoms with Crippen LogP contribution in [0.5, 0.6) is 0 Å². The number of nitrogens with two attached hydrogens (primary N) is 1. The molecule has 0 aliphatic carbocycles. The van der Waals surface area contributed by atoms with E-state index in [4.69, 9.17) is 5.73 Å². The number of aromatic nitrogens is 2. The van der Waals surface area contributed by atoms with E-state index in [-0.39, 0.29) is 11.4 Å². The fourth-order valence-electron chi connectivity index (χ4n) is 1.44. The Morgan fingerprint density at radius 1 is 1.53 bits per heavy atom. The number of carbonyl (C=O) groups is 1. The molecular formula is C11H10BrN3O2. The third-order valence-corrected chi connectivity index (χ3v) is 2.76. The summed E-state index contributed by atoms with van der Waals surface area (Å²) in [5, 5.41) is 4.07. The largest absolute Gasteiger partial charge is 0.465 e. The van der Waals surface area contributed by atoms with Gasteiger partial charge in [-0.3, -0.25) is 0 Å². The zero-order valence-electron chi connectivity index (χ0n) is 9.05. The highest BCUT2D eigenvalue weighted by Gasteiger charge is 2.16. The van der Waals surface area contributed by atoms with E-state index in [2.05, 4.69) is 25.8 Å². The third-order valence-electron chi connectivity index (χ3n) is 2.26. The number of rotatable bonds is 2. The van der Waals surface area contributed by atoms with Crippen molar-refractivity contribution in [3.63, 3.8) is 0 Å². The molecule has 0 saturated carbocycles. The summed E-state index contributed by atoms with van der Waals surface area (Å²) < 4.78 is 7.00. The molecule has 0 spiro atoms. The van der Waals surface area contributed by atoms with Gasteiger partial charge in [-0.05, 0) is 18.2 Å². The van der Waals surface area contributed by atoms with Gasteiger partial charge in [0.25, 0.3) is 0 Å². The number of benzene rings is 1. The van der Waals surface area contributed by atoms with Crippen molar-refractivity contribution in [1.82, 2.24) is 9.78 Å². The number of halogens is 1. The molecule has 0 atom stereocenters. The van der Waals surface area contributed by atoms with Crippen molar-refractivity contribution in [2.75, 3.05) is 12.8 Å². The summed E-state index contributed by atoms with van der Waals surface area (Å²) in [7, 11) is 1.30. The minimum atomic E-state index is -0.497. The molecule has 0 unspecified atom stereocenters. The lowest BCUT2D eigenvalue weighted by molar-refractivity contribution is 0.0602. The maximum atomic E-state index is 11.4. The van der Waals surface area contributed by atoms with E-state index in [9.17, 15) is 4.79 Å². The normalized spacial score (nSPS) is 10.2. The first kappa shape index (κ1) is 11.7. The molecule has 0 amide bonds. The summed E-state index contributed by atoms with van der Waals surface area (Å²) in [4.78, 5) is 11.4. The number of carbonyl (C=O) groups excluding carboxylic acids is 1. The van der Waals surface area contributed by atoms with Crippen molar-refractivity contribution in [2.24, 2.45) is 0 Å². The van der Waals surface area contributed by atoms with Gasteiger partial charge in [-0.25, -0.2) is 9.48 Å². The lowest BCUT2D eigenvalue weighted by atomic mass is 10.3. The third kappa shape index (κ3) is 2.16. The van der Waals surface area contributed by atoms with Crippen molar-refractivity contribution < 1.29 is 9.53 Å². The number of ether oxygens (including phenoxy) is 1. The lowest BCUT2D eigenvalue weighted by Crippen LogP contribution is -2.07. The zero-order chi connectivity index (χ0) is 12.4. The highest BCUT2D eigenvalue weighted by Crippen LogP contribution is 2.20. The van der Waals surface area contributed by atoms with E-state index in [1.165, 1.54) is 18.0 Å². The van der Waals surface area contributed by atoms with Crippen molar-refractivity contribution in [1.29, 1.82) is 0 Å². The maximum absolute atomic E-state index is 11.4. The van der Waals surface area contributed by atoms with Gasteiger partial charge < -0.3 is 10.5 Å². The van der Waals surface area contributed by atoms with Gasteiger partial charge >= 0.3 is 5.97 Å². The Morgan fingerprint density at radius 2 is 2.29 bits per heavy atom. The van der Waals surface area contributed by atoms with Crippen LogP contribution < -0.4 is 5.73 Å². The Labute approximate surface area is 106 Å².